The first-order chi connectivity index (χ1) is 10.1. The molecule has 0 saturated heterocycles. The number of amides is 1. The van der Waals surface area contributed by atoms with Crippen LogP contribution in [0.4, 0.5) is 5.69 Å². The molecule has 1 N–H and O–H groups in total. The number of aromatic nitrogens is 1. The van der Waals surface area contributed by atoms with Crippen LogP contribution in [0.15, 0.2) is 34.9 Å². The summed E-state index contributed by atoms with van der Waals surface area (Å²) in [7, 11) is 0. The van der Waals surface area contributed by atoms with E-state index in [4.69, 9.17) is 4.52 Å². The maximum atomic E-state index is 12.1. The van der Waals surface area contributed by atoms with Crippen molar-refractivity contribution in [2.24, 2.45) is 5.92 Å². The first-order valence-corrected chi connectivity index (χ1v) is 7.35. The van der Waals surface area contributed by atoms with Crippen LogP contribution in [0.25, 0.3) is 0 Å². The number of hydrogen-bond acceptors (Lipinski definition) is 3. The number of hydrogen-bond donors (Lipinski definition) is 1. The number of nitrogens with zero attached hydrogens (tertiary/aromatic N) is 1. The van der Waals surface area contributed by atoms with E-state index in [1.165, 1.54) is 0 Å². The third kappa shape index (κ3) is 4.74. The second-order valence-electron chi connectivity index (χ2n) is 4.77. The summed E-state index contributed by atoms with van der Waals surface area (Å²) in [5.41, 5.74) is 2.69. The van der Waals surface area contributed by atoms with E-state index in [2.05, 4.69) is 10.5 Å². The number of carbonyl (C=O) groups is 1. The second kappa shape index (κ2) is 8.25. The Balaban J connectivity index is 0.00000106. The Hall–Kier alpha value is -2.10. The molecule has 0 fully saturated rings. The van der Waals surface area contributed by atoms with Crippen molar-refractivity contribution in [1.29, 1.82) is 0 Å². The van der Waals surface area contributed by atoms with Crippen LogP contribution in [0, 0.1) is 19.8 Å². The largest absolute Gasteiger partial charge is 0.361 e. The molecule has 4 heteroatoms. The standard InChI is InChI=1S/C15H18N2O2.C2H6/c1-10(9-14-11(2)12(3)19-17-14)15(18)16-13-7-5-4-6-8-13;1-2/h4-8,10H,9H2,1-3H3,(H,16,18);1-2H3/t10-;/m1./s1. The van der Waals surface area contributed by atoms with Gasteiger partial charge in [0.25, 0.3) is 0 Å². The van der Waals surface area contributed by atoms with Gasteiger partial charge in [0.05, 0.1) is 5.69 Å². The summed E-state index contributed by atoms with van der Waals surface area (Å²) in [4.78, 5) is 12.1. The van der Waals surface area contributed by atoms with Crippen molar-refractivity contribution in [3.63, 3.8) is 0 Å². The molecule has 0 spiro atoms. The normalized spacial score (nSPS) is 11.3. The molecule has 0 aliphatic heterocycles. The van der Waals surface area contributed by atoms with Crippen LogP contribution in [0.2, 0.25) is 0 Å². The van der Waals surface area contributed by atoms with E-state index in [9.17, 15) is 4.79 Å². The van der Waals surface area contributed by atoms with Gasteiger partial charge in [-0.2, -0.15) is 0 Å². The number of anilines is 1. The fourth-order valence-electron chi connectivity index (χ4n) is 1.82. The van der Waals surface area contributed by atoms with Crippen molar-refractivity contribution < 1.29 is 9.32 Å². The molecule has 114 valence electrons. The van der Waals surface area contributed by atoms with E-state index in [1.54, 1.807) is 0 Å². The van der Waals surface area contributed by atoms with Gasteiger partial charge in [-0.15, -0.1) is 0 Å². The van der Waals surface area contributed by atoms with Crippen LogP contribution in [0.1, 0.15) is 37.8 Å². The van der Waals surface area contributed by atoms with Crippen molar-refractivity contribution in [2.45, 2.75) is 41.0 Å². The van der Waals surface area contributed by atoms with Crippen molar-refractivity contribution >= 4 is 11.6 Å². The zero-order chi connectivity index (χ0) is 15.8. The SMILES string of the molecule is CC.Cc1onc(C[C@@H](C)C(=O)Nc2ccccc2)c1C. The number of para-hydroxylation sites is 1. The lowest BCUT2D eigenvalue weighted by Gasteiger charge is -2.11. The first kappa shape index (κ1) is 17.0. The predicted octanol–water partition coefficient (Wildman–Crippen LogP) is 4.13. The zero-order valence-corrected chi connectivity index (χ0v) is 13.4. The first-order valence-electron chi connectivity index (χ1n) is 7.35. The average molecular weight is 288 g/mol. The Morgan fingerprint density at radius 3 is 2.38 bits per heavy atom. The Kier molecular flexibility index (Phi) is 6.66. The second-order valence-corrected chi connectivity index (χ2v) is 4.77. The number of benzene rings is 1. The van der Waals surface area contributed by atoms with Crippen LogP contribution in [-0.4, -0.2) is 11.1 Å². The quantitative estimate of drug-likeness (QED) is 0.920. The monoisotopic (exact) mass is 288 g/mol. The van der Waals surface area contributed by atoms with Gasteiger partial charge >= 0.3 is 0 Å². The maximum absolute atomic E-state index is 12.1. The van der Waals surface area contributed by atoms with Crippen LogP contribution >= 0.6 is 0 Å². The van der Waals surface area contributed by atoms with Gasteiger partial charge in [-0.05, 0) is 26.0 Å². The predicted molar refractivity (Wildman–Crippen MR) is 85.3 cm³/mol. The molecule has 2 aromatic rings. The lowest BCUT2D eigenvalue weighted by atomic mass is 10.0. The molecule has 1 heterocycles. The molecule has 21 heavy (non-hydrogen) atoms. The number of aryl methyl sites for hydroxylation is 1. The minimum atomic E-state index is -0.150. The molecular weight excluding hydrogens is 264 g/mol. The number of carbonyl (C=O) groups excluding carboxylic acids is 1. The number of nitrogens with one attached hydrogen (secondary N) is 1. The lowest BCUT2D eigenvalue weighted by molar-refractivity contribution is -0.119. The van der Waals surface area contributed by atoms with Gasteiger partial charge in [0.15, 0.2) is 0 Å². The summed E-state index contributed by atoms with van der Waals surface area (Å²) in [5, 5.41) is 6.88. The van der Waals surface area contributed by atoms with E-state index in [1.807, 2.05) is 65.0 Å². The maximum Gasteiger partial charge on any atom is 0.227 e. The molecule has 0 aliphatic rings. The van der Waals surface area contributed by atoms with Gasteiger partial charge in [0.1, 0.15) is 5.76 Å². The third-order valence-electron chi connectivity index (χ3n) is 3.24. The van der Waals surface area contributed by atoms with Gasteiger partial charge < -0.3 is 9.84 Å². The smallest absolute Gasteiger partial charge is 0.227 e. The van der Waals surface area contributed by atoms with E-state index in [-0.39, 0.29) is 11.8 Å². The summed E-state index contributed by atoms with van der Waals surface area (Å²) >= 11 is 0. The van der Waals surface area contributed by atoms with E-state index in [0.717, 1.165) is 22.7 Å². The lowest BCUT2D eigenvalue weighted by Crippen LogP contribution is -2.22. The molecule has 0 unspecified atom stereocenters. The molecule has 4 nitrogen and oxygen atoms in total. The molecule has 1 amide bonds. The third-order valence-corrected chi connectivity index (χ3v) is 3.24. The van der Waals surface area contributed by atoms with Crippen LogP contribution in [0.3, 0.4) is 0 Å². The Bertz CT molecular complexity index is 561. The average Bonchev–Trinajstić information content (AvgIpc) is 2.82. The van der Waals surface area contributed by atoms with Crippen LogP contribution in [-0.2, 0) is 11.2 Å². The van der Waals surface area contributed by atoms with Gasteiger partial charge in [-0.1, -0.05) is 44.1 Å². The van der Waals surface area contributed by atoms with Crippen molar-refractivity contribution in [2.75, 3.05) is 5.32 Å². The Morgan fingerprint density at radius 2 is 1.86 bits per heavy atom. The van der Waals surface area contributed by atoms with E-state index in [0.29, 0.717) is 6.42 Å². The molecule has 1 atom stereocenters. The highest BCUT2D eigenvalue weighted by atomic mass is 16.5. The minimum absolute atomic E-state index is 0.00810. The van der Waals surface area contributed by atoms with E-state index >= 15 is 0 Å². The fraction of sp³-hybridized carbons (Fsp3) is 0.412. The van der Waals surface area contributed by atoms with Crippen molar-refractivity contribution in [1.82, 2.24) is 5.16 Å². The zero-order valence-electron chi connectivity index (χ0n) is 13.4. The van der Waals surface area contributed by atoms with Crippen LogP contribution < -0.4 is 5.32 Å². The highest BCUT2D eigenvalue weighted by molar-refractivity contribution is 5.92. The summed E-state index contributed by atoms with van der Waals surface area (Å²) in [6.45, 7) is 9.73. The summed E-state index contributed by atoms with van der Waals surface area (Å²) in [5.74, 6) is 0.653. The van der Waals surface area contributed by atoms with Crippen molar-refractivity contribution in [3.05, 3.63) is 47.3 Å². The molecule has 1 aromatic heterocycles. The Morgan fingerprint density at radius 1 is 1.24 bits per heavy atom. The van der Waals surface area contributed by atoms with Crippen LogP contribution in [0.5, 0.6) is 0 Å². The Labute approximate surface area is 126 Å². The molecule has 0 saturated carbocycles. The number of rotatable bonds is 4. The fourth-order valence-corrected chi connectivity index (χ4v) is 1.82. The van der Waals surface area contributed by atoms with Gasteiger partial charge in [0.2, 0.25) is 5.91 Å². The highest BCUT2D eigenvalue weighted by Gasteiger charge is 2.18. The molecule has 0 aliphatic carbocycles. The molecule has 0 bridgehead atoms. The van der Waals surface area contributed by atoms with Gasteiger partial charge in [-0.25, -0.2) is 0 Å². The van der Waals surface area contributed by atoms with Gasteiger partial charge in [0, 0.05) is 23.6 Å². The molecule has 0 radical (unpaired) electrons. The summed E-state index contributed by atoms with van der Waals surface area (Å²) < 4.78 is 5.11. The highest BCUT2D eigenvalue weighted by Crippen LogP contribution is 2.17. The summed E-state index contributed by atoms with van der Waals surface area (Å²) in [6.07, 6.45) is 0.585. The topological polar surface area (TPSA) is 55.1 Å². The van der Waals surface area contributed by atoms with E-state index < -0.39 is 0 Å². The summed E-state index contributed by atoms with van der Waals surface area (Å²) in [6, 6.07) is 9.45. The molecule has 2 rings (SSSR count). The molecular formula is C17H24N2O2. The molecule has 1 aromatic carbocycles. The van der Waals surface area contributed by atoms with Crippen molar-refractivity contribution in [3.8, 4) is 0 Å². The minimum Gasteiger partial charge on any atom is -0.361 e. The van der Waals surface area contributed by atoms with Gasteiger partial charge in [-0.3, -0.25) is 4.79 Å².